The van der Waals surface area contributed by atoms with E-state index in [4.69, 9.17) is 9.41 Å². The second-order valence-electron chi connectivity index (χ2n) is 11.5. The number of aliphatic imine (C=N–C) groups is 1. The van der Waals surface area contributed by atoms with E-state index in [1.807, 2.05) is 6.07 Å². The molecule has 5 heteroatoms. The van der Waals surface area contributed by atoms with Crippen molar-refractivity contribution < 1.29 is 4.42 Å². The number of para-hydroxylation sites is 2. The summed E-state index contributed by atoms with van der Waals surface area (Å²) in [6, 6.07) is 45.2. The molecule has 6 aromatic carbocycles. The fourth-order valence-corrected chi connectivity index (χ4v) is 7.12. The highest BCUT2D eigenvalue weighted by Crippen LogP contribution is 2.43. The van der Waals surface area contributed by atoms with E-state index in [1.54, 1.807) is 6.39 Å². The van der Waals surface area contributed by atoms with Crippen molar-refractivity contribution in [3.63, 3.8) is 0 Å². The molecule has 0 fully saturated rings. The van der Waals surface area contributed by atoms with Crippen molar-refractivity contribution in [1.82, 2.24) is 9.38 Å². The molecule has 9 aromatic rings. The Balaban J connectivity index is 1.17. The number of oxazole rings is 1. The Bertz CT molecular complexity index is 2590. The van der Waals surface area contributed by atoms with Crippen LogP contribution >= 0.6 is 0 Å². The number of anilines is 1. The lowest BCUT2D eigenvalue weighted by Crippen LogP contribution is -2.20. The molecule has 0 amide bonds. The maximum Gasteiger partial charge on any atom is 0.182 e. The summed E-state index contributed by atoms with van der Waals surface area (Å²) in [5.41, 5.74) is 13.0. The Kier molecular flexibility index (Phi) is 4.71. The Morgan fingerprint density at radius 1 is 0.636 bits per heavy atom. The van der Waals surface area contributed by atoms with E-state index in [0.29, 0.717) is 0 Å². The summed E-state index contributed by atoms with van der Waals surface area (Å²) in [5, 5.41) is 8.33. The molecule has 0 saturated carbocycles. The molecule has 4 heterocycles. The first kappa shape index (κ1) is 23.6. The van der Waals surface area contributed by atoms with Gasteiger partial charge < -0.3 is 14.1 Å². The fourth-order valence-electron chi connectivity index (χ4n) is 7.12. The Labute approximate surface area is 252 Å². The van der Waals surface area contributed by atoms with Crippen LogP contribution in [0.2, 0.25) is 0 Å². The third-order valence-electron chi connectivity index (χ3n) is 9.08. The number of rotatable bonds is 3. The summed E-state index contributed by atoms with van der Waals surface area (Å²) in [7, 11) is 0. The average Bonchev–Trinajstić information content (AvgIpc) is 3.79. The van der Waals surface area contributed by atoms with Crippen LogP contribution in [0.1, 0.15) is 22.9 Å². The Hall–Kier alpha value is -5.94. The number of nitrogens with one attached hydrogen (secondary N) is 1. The van der Waals surface area contributed by atoms with Gasteiger partial charge in [-0.3, -0.25) is 4.99 Å². The van der Waals surface area contributed by atoms with Crippen LogP contribution in [0.25, 0.3) is 60.3 Å². The molecule has 1 aliphatic heterocycles. The van der Waals surface area contributed by atoms with E-state index in [9.17, 15) is 0 Å². The lowest BCUT2D eigenvalue weighted by atomic mass is 9.94. The van der Waals surface area contributed by atoms with Crippen LogP contribution in [0, 0.1) is 0 Å². The molecular formula is C39H24N4O. The highest BCUT2D eigenvalue weighted by Gasteiger charge is 2.24. The first-order valence-electron chi connectivity index (χ1n) is 14.9. The van der Waals surface area contributed by atoms with Gasteiger partial charge in [-0.2, -0.15) is 0 Å². The van der Waals surface area contributed by atoms with Crippen molar-refractivity contribution in [1.29, 1.82) is 0 Å². The van der Waals surface area contributed by atoms with Gasteiger partial charge in [0.2, 0.25) is 0 Å². The second kappa shape index (κ2) is 8.79. The summed E-state index contributed by atoms with van der Waals surface area (Å²) in [4.78, 5) is 9.80. The molecule has 206 valence electrons. The van der Waals surface area contributed by atoms with Crippen molar-refractivity contribution in [3.8, 4) is 11.1 Å². The molecule has 1 aliphatic rings. The van der Waals surface area contributed by atoms with E-state index < -0.39 is 0 Å². The summed E-state index contributed by atoms with van der Waals surface area (Å²) in [6.07, 6.45) is 1.40. The molecule has 1 N–H and O–H groups in total. The third kappa shape index (κ3) is 3.23. The molecule has 1 unspecified atom stereocenters. The molecule has 5 nitrogen and oxygen atoms in total. The van der Waals surface area contributed by atoms with Crippen LogP contribution in [0.15, 0.2) is 143 Å². The quantitative estimate of drug-likeness (QED) is 0.232. The fraction of sp³-hybridized carbons (Fsp3) is 0.0256. The molecule has 0 bridgehead atoms. The Morgan fingerprint density at radius 2 is 1.43 bits per heavy atom. The van der Waals surface area contributed by atoms with Crippen LogP contribution in [0.3, 0.4) is 0 Å². The molecular weight excluding hydrogens is 540 g/mol. The molecule has 3 aromatic heterocycles. The van der Waals surface area contributed by atoms with E-state index >= 15 is 0 Å². The minimum absolute atomic E-state index is 0.150. The predicted molar refractivity (Wildman–Crippen MR) is 179 cm³/mol. The topological polar surface area (TPSA) is 54.8 Å². The number of hydrogen-bond donors (Lipinski definition) is 1. The van der Waals surface area contributed by atoms with Crippen molar-refractivity contribution in [2.75, 3.05) is 5.32 Å². The zero-order valence-corrected chi connectivity index (χ0v) is 23.5. The normalized spacial score (nSPS) is 14.9. The van der Waals surface area contributed by atoms with Crippen LogP contribution in [0.5, 0.6) is 0 Å². The summed E-state index contributed by atoms with van der Waals surface area (Å²) < 4.78 is 8.30. The van der Waals surface area contributed by atoms with Crippen molar-refractivity contribution in [2.45, 2.75) is 6.17 Å². The maximum atomic E-state index is 5.92. The molecule has 44 heavy (non-hydrogen) atoms. The lowest BCUT2D eigenvalue weighted by Gasteiger charge is -2.26. The van der Waals surface area contributed by atoms with Gasteiger partial charge >= 0.3 is 0 Å². The SMILES string of the molecule is c1ccc(C2N=C(c3cccc(-c4ccc5c(c4)c4cc6ncoc6c6c7ccccc7n5c46)c3)c3ccccc3N2)cc1. The van der Waals surface area contributed by atoms with Crippen LogP contribution in [0.4, 0.5) is 5.69 Å². The third-order valence-corrected chi connectivity index (χ3v) is 9.08. The lowest BCUT2D eigenvalue weighted by molar-refractivity contribution is 0.605. The van der Waals surface area contributed by atoms with Gasteiger partial charge in [-0.25, -0.2) is 4.98 Å². The van der Waals surface area contributed by atoms with Gasteiger partial charge in [0.25, 0.3) is 0 Å². The maximum absolute atomic E-state index is 5.92. The number of hydrogen-bond acceptors (Lipinski definition) is 4. The second-order valence-corrected chi connectivity index (χ2v) is 11.5. The number of benzene rings is 6. The highest BCUT2D eigenvalue weighted by molar-refractivity contribution is 6.30. The zero-order chi connectivity index (χ0) is 28.8. The van der Waals surface area contributed by atoms with Gasteiger partial charge in [-0.15, -0.1) is 0 Å². The van der Waals surface area contributed by atoms with E-state index in [0.717, 1.165) is 55.7 Å². The molecule has 10 rings (SSSR count). The van der Waals surface area contributed by atoms with Crippen molar-refractivity contribution in [2.24, 2.45) is 4.99 Å². The molecule has 0 saturated heterocycles. The average molecular weight is 565 g/mol. The van der Waals surface area contributed by atoms with Gasteiger partial charge in [0, 0.05) is 33.0 Å². The molecule has 0 spiro atoms. The largest absolute Gasteiger partial charge is 0.443 e. The van der Waals surface area contributed by atoms with Crippen molar-refractivity contribution in [3.05, 3.63) is 150 Å². The van der Waals surface area contributed by atoms with Gasteiger partial charge in [0.05, 0.1) is 27.6 Å². The van der Waals surface area contributed by atoms with E-state index in [-0.39, 0.29) is 6.17 Å². The minimum atomic E-state index is -0.150. The first-order valence-corrected chi connectivity index (χ1v) is 14.9. The zero-order valence-electron chi connectivity index (χ0n) is 23.5. The summed E-state index contributed by atoms with van der Waals surface area (Å²) >= 11 is 0. The molecule has 0 aliphatic carbocycles. The standard InChI is InChI=1S/C39H24N4O/c1-2-9-23(10-3-1)39-41-31-15-6-4-13-27(31)36(42-39)26-12-8-11-24(19-26)25-17-18-34-29(20-25)30-21-32-38(44-22-40-32)35-28-14-5-7-16-33(28)43(34)37(30)35/h1-22,39,41H. The minimum Gasteiger partial charge on any atom is -0.443 e. The van der Waals surface area contributed by atoms with E-state index in [2.05, 4.69) is 136 Å². The summed E-state index contributed by atoms with van der Waals surface area (Å²) in [6.45, 7) is 0. The van der Waals surface area contributed by atoms with Crippen LogP contribution < -0.4 is 5.32 Å². The molecule has 0 radical (unpaired) electrons. The van der Waals surface area contributed by atoms with Gasteiger partial charge in [-0.05, 0) is 53.1 Å². The predicted octanol–water partition coefficient (Wildman–Crippen LogP) is 9.61. The number of nitrogens with zero attached hydrogens (tertiary/aromatic N) is 3. The first-order chi connectivity index (χ1) is 21.8. The summed E-state index contributed by atoms with van der Waals surface area (Å²) in [5.74, 6) is 0. The number of fused-ring (bicyclic) bond motifs is 9. The van der Waals surface area contributed by atoms with Crippen LogP contribution in [-0.4, -0.2) is 15.1 Å². The molecule has 1 atom stereocenters. The smallest absolute Gasteiger partial charge is 0.182 e. The number of aromatic nitrogens is 2. The van der Waals surface area contributed by atoms with Gasteiger partial charge in [0.1, 0.15) is 11.7 Å². The van der Waals surface area contributed by atoms with Gasteiger partial charge in [-0.1, -0.05) is 91.0 Å². The van der Waals surface area contributed by atoms with Crippen LogP contribution in [-0.2, 0) is 0 Å². The Morgan fingerprint density at radius 3 is 2.39 bits per heavy atom. The van der Waals surface area contributed by atoms with E-state index in [1.165, 1.54) is 32.7 Å². The highest BCUT2D eigenvalue weighted by atomic mass is 16.3. The van der Waals surface area contributed by atoms with Crippen molar-refractivity contribution >= 4 is 60.6 Å². The monoisotopic (exact) mass is 564 g/mol. The van der Waals surface area contributed by atoms with Gasteiger partial charge in [0.15, 0.2) is 12.0 Å².